The molecule has 0 radical (unpaired) electrons. The number of para-hydroxylation sites is 3. The topological polar surface area (TPSA) is 29.7 Å². The lowest BCUT2D eigenvalue weighted by atomic mass is 9.96. The van der Waals surface area contributed by atoms with E-state index in [0.717, 1.165) is 34.5 Å². The molecule has 0 atom stereocenters. The minimum absolute atomic E-state index is 0.892. The molecule has 0 saturated carbocycles. The molecule has 3 nitrogen and oxygen atoms in total. The third-order valence-corrected chi connectivity index (χ3v) is 8.37. The number of nitrogens with zero attached hydrogens (tertiary/aromatic N) is 3. The number of hydrogen-bond acceptors (Lipinski definition) is 2. The van der Waals surface area contributed by atoms with E-state index in [-0.39, 0.29) is 0 Å². The fourth-order valence-electron chi connectivity index (χ4n) is 6.39. The van der Waals surface area contributed by atoms with E-state index in [4.69, 9.17) is 9.98 Å². The molecule has 3 heterocycles. The monoisotopic (exact) mass is 509 g/mol. The average molecular weight is 510 g/mol. The van der Waals surface area contributed by atoms with Crippen molar-refractivity contribution in [3.8, 4) is 11.1 Å². The lowest BCUT2D eigenvalue weighted by Gasteiger charge is -2.12. The fraction of sp³-hybridized carbons (Fsp3) is 0.0270. The first-order valence-electron chi connectivity index (χ1n) is 13.7. The van der Waals surface area contributed by atoms with Crippen LogP contribution in [0.5, 0.6) is 0 Å². The lowest BCUT2D eigenvalue weighted by molar-refractivity contribution is 1.31. The molecule has 2 aromatic heterocycles. The molecular formula is C37H23N3. The highest BCUT2D eigenvalue weighted by atomic mass is 15.0. The Morgan fingerprint density at radius 2 is 1.23 bits per heavy atom. The number of rotatable bonds is 2. The quantitative estimate of drug-likeness (QED) is 0.214. The summed E-state index contributed by atoms with van der Waals surface area (Å²) in [6.45, 7) is 0. The molecule has 0 spiro atoms. The summed E-state index contributed by atoms with van der Waals surface area (Å²) in [7, 11) is 0. The van der Waals surface area contributed by atoms with Crippen molar-refractivity contribution < 1.29 is 0 Å². The van der Waals surface area contributed by atoms with Gasteiger partial charge in [-0.2, -0.15) is 0 Å². The van der Waals surface area contributed by atoms with Crippen molar-refractivity contribution in [2.75, 3.05) is 0 Å². The van der Waals surface area contributed by atoms with E-state index in [1.807, 2.05) is 0 Å². The Morgan fingerprint density at radius 3 is 2.12 bits per heavy atom. The Kier molecular flexibility index (Phi) is 4.39. The fourth-order valence-corrected chi connectivity index (χ4v) is 6.39. The number of aliphatic imine (C=N–C) groups is 1. The Bertz CT molecular complexity index is 2360. The van der Waals surface area contributed by atoms with Gasteiger partial charge < -0.3 is 0 Å². The first-order chi connectivity index (χ1) is 19.8. The van der Waals surface area contributed by atoms with E-state index >= 15 is 0 Å². The van der Waals surface area contributed by atoms with Crippen molar-refractivity contribution in [2.45, 2.75) is 6.42 Å². The summed E-state index contributed by atoms with van der Waals surface area (Å²) in [5.41, 5.74) is 11.5. The molecule has 40 heavy (non-hydrogen) atoms. The van der Waals surface area contributed by atoms with Gasteiger partial charge in [-0.15, -0.1) is 0 Å². The zero-order valence-electron chi connectivity index (χ0n) is 21.7. The Balaban J connectivity index is 1.20. The lowest BCUT2D eigenvalue weighted by Crippen LogP contribution is -2.00. The van der Waals surface area contributed by atoms with Crippen molar-refractivity contribution in [3.05, 3.63) is 139 Å². The van der Waals surface area contributed by atoms with E-state index in [9.17, 15) is 0 Å². The van der Waals surface area contributed by atoms with Gasteiger partial charge in [-0.1, -0.05) is 91.0 Å². The van der Waals surface area contributed by atoms with Crippen molar-refractivity contribution in [3.63, 3.8) is 0 Å². The van der Waals surface area contributed by atoms with Crippen LogP contribution in [0.15, 0.2) is 132 Å². The largest absolute Gasteiger partial charge is 0.292 e. The molecule has 9 rings (SSSR count). The minimum Gasteiger partial charge on any atom is -0.292 e. The number of fused-ring (bicyclic) bond motifs is 10. The third-order valence-electron chi connectivity index (χ3n) is 8.37. The van der Waals surface area contributed by atoms with Gasteiger partial charge in [0.05, 0.1) is 27.9 Å². The van der Waals surface area contributed by atoms with Crippen molar-refractivity contribution in [1.29, 1.82) is 0 Å². The maximum atomic E-state index is 5.04. The van der Waals surface area contributed by atoms with E-state index < -0.39 is 0 Å². The number of pyridine rings is 1. The smallest absolute Gasteiger partial charge is 0.146 e. The molecule has 6 aromatic carbocycles. The summed E-state index contributed by atoms with van der Waals surface area (Å²) in [5, 5.41) is 6.10. The van der Waals surface area contributed by atoms with Crippen LogP contribution in [0.1, 0.15) is 11.1 Å². The predicted octanol–water partition coefficient (Wildman–Crippen LogP) is 9.29. The van der Waals surface area contributed by atoms with Gasteiger partial charge in [-0.25, -0.2) is 4.98 Å². The standard InChI is InChI=1S/C37H23N3/c1-4-10-32-27(7-1)21-34(38-32)28-16-15-23-19-24(13-14-25(23)20-28)26-17-18-30-29-8-2-3-9-31(29)37-39-33-11-5-6-12-35(33)40(37)36(30)22-26/h1-20,22H,21H2. The van der Waals surface area contributed by atoms with Gasteiger partial charge >= 0.3 is 0 Å². The Morgan fingerprint density at radius 1 is 0.525 bits per heavy atom. The van der Waals surface area contributed by atoms with E-state index in [1.54, 1.807) is 0 Å². The van der Waals surface area contributed by atoms with Crippen molar-refractivity contribution in [1.82, 2.24) is 9.38 Å². The average Bonchev–Trinajstić information content (AvgIpc) is 3.63. The molecule has 8 aromatic rings. The summed E-state index contributed by atoms with van der Waals surface area (Å²) in [6.07, 6.45) is 0.892. The molecule has 186 valence electrons. The van der Waals surface area contributed by atoms with Crippen LogP contribution in [0.2, 0.25) is 0 Å². The van der Waals surface area contributed by atoms with Crippen LogP contribution in [0.25, 0.3) is 60.3 Å². The van der Waals surface area contributed by atoms with Crippen LogP contribution in [-0.4, -0.2) is 15.1 Å². The normalized spacial score (nSPS) is 13.1. The maximum Gasteiger partial charge on any atom is 0.146 e. The SMILES string of the molecule is c1ccc2c(c1)CC(c1ccc3cc(-c4ccc5c6ccccc6c6nc7ccccc7n6c5c4)ccc3c1)=N2. The zero-order valence-corrected chi connectivity index (χ0v) is 21.7. The molecule has 1 aliphatic rings. The van der Waals surface area contributed by atoms with Gasteiger partial charge in [0.15, 0.2) is 0 Å². The molecule has 1 aliphatic heterocycles. The van der Waals surface area contributed by atoms with E-state index in [0.29, 0.717) is 0 Å². The summed E-state index contributed by atoms with van der Waals surface area (Å²) in [6, 6.07) is 45.8. The van der Waals surface area contributed by atoms with Crippen LogP contribution in [0.4, 0.5) is 5.69 Å². The summed E-state index contributed by atoms with van der Waals surface area (Å²) >= 11 is 0. The number of imidazole rings is 1. The van der Waals surface area contributed by atoms with Gasteiger partial charge in [0.2, 0.25) is 0 Å². The Labute approximate surface area is 230 Å². The highest BCUT2D eigenvalue weighted by molar-refractivity contribution is 6.14. The molecule has 3 heteroatoms. The van der Waals surface area contributed by atoms with Gasteiger partial charge in [0, 0.05) is 17.2 Å². The van der Waals surface area contributed by atoms with Gasteiger partial charge in [-0.05, 0) is 74.8 Å². The molecule has 0 aliphatic carbocycles. The van der Waals surface area contributed by atoms with Gasteiger partial charge in [0.1, 0.15) is 5.65 Å². The molecule has 0 amide bonds. The Hall–Kier alpha value is -5.28. The van der Waals surface area contributed by atoms with Crippen LogP contribution in [0.3, 0.4) is 0 Å². The van der Waals surface area contributed by atoms with Crippen LogP contribution in [0, 0.1) is 0 Å². The summed E-state index contributed by atoms with van der Waals surface area (Å²) in [5.74, 6) is 0. The van der Waals surface area contributed by atoms with Crippen LogP contribution in [-0.2, 0) is 6.42 Å². The highest BCUT2D eigenvalue weighted by Gasteiger charge is 2.17. The van der Waals surface area contributed by atoms with Gasteiger partial charge in [-0.3, -0.25) is 9.39 Å². The van der Waals surface area contributed by atoms with Crippen LogP contribution < -0.4 is 0 Å². The molecular weight excluding hydrogens is 486 g/mol. The summed E-state index contributed by atoms with van der Waals surface area (Å²) in [4.78, 5) is 9.94. The molecule has 0 fully saturated rings. The second kappa shape index (κ2) is 8.11. The first-order valence-corrected chi connectivity index (χ1v) is 13.7. The van der Waals surface area contributed by atoms with Crippen molar-refractivity contribution >= 4 is 60.5 Å². The first kappa shape index (κ1) is 21.6. The second-order valence-electron chi connectivity index (χ2n) is 10.7. The second-order valence-corrected chi connectivity index (χ2v) is 10.7. The zero-order chi connectivity index (χ0) is 26.2. The summed E-state index contributed by atoms with van der Waals surface area (Å²) < 4.78 is 2.32. The third kappa shape index (κ3) is 3.12. The van der Waals surface area contributed by atoms with Crippen molar-refractivity contribution in [2.24, 2.45) is 4.99 Å². The number of benzene rings is 6. The van der Waals surface area contributed by atoms with Gasteiger partial charge in [0.25, 0.3) is 0 Å². The predicted molar refractivity (Wildman–Crippen MR) is 167 cm³/mol. The van der Waals surface area contributed by atoms with E-state index in [2.05, 4.69) is 132 Å². The minimum atomic E-state index is 0.892. The van der Waals surface area contributed by atoms with E-state index in [1.165, 1.54) is 54.7 Å². The molecule has 0 unspecified atom stereocenters. The number of hydrogen-bond donors (Lipinski definition) is 0. The molecule has 0 bridgehead atoms. The highest BCUT2D eigenvalue weighted by Crippen LogP contribution is 2.36. The molecule has 0 N–H and O–H groups in total. The maximum absolute atomic E-state index is 5.04. The van der Waals surface area contributed by atoms with Crippen LogP contribution >= 0.6 is 0 Å². The number of aromatic nitrogens is 2. The molecule has 0 saturated heterocycles.